The van der Waals surface area contributed by atoms with Gasteiger partial charge in [-0.25, -0.2) is 4.79 Å². The van der Waals surface area contributed by atoms with Gasteiger partial charge in [-0.2, -0.15) is 0 Å². The molecule has 1 aliphatic rings. The summed E-state index contributed by atoms with van der Waals surface area (Å²) in [5.41, 5.74) is -0.473. The van der Waals surface area contributed by atoms with Gasteiger partial charge in [-0.15, -0.1) is 11.3 Å². The molecule has 24 heavy (non-hydrogen) atoms. The maximum Gasteiger partial charge on any atom is 0.330 e. The molecule has 1 amide bonds. The number of hydrogen-bond acceptors (Lipinski definition) is 4. The molecule has 0 radical (unpaired) electrons. The monoisotopic (exact) mass is 345 g/mol. The van der Waals surface area contributed by atoms with Crippen LogP contribution in [0, 0.1) is 0 Å². The highest BCUT2D eigenvalue weighted by Gasteiger charge is 2.29. The third-order valence-electron chi connectivity index (χ3n) is 4.29. The van der Waals surface area contributed by atoms with E-state index < -0.39 is 5.56 Å². The van der Waals surface area contributed by atoms with E-state index in [-0.39, 0.29) is 17.6 Å². The smallest absolute Gasteiger partial charge is 0.330 e. The molecular formula is C17H19N3O3S. The Labute approximate surface area is 143 Å². The topological polar surface area (TPSA) is 64.3 Å². The molecule has 1 unspecified atom stereocenters. The molecule has 3 heterocycles. The van der Waals surface area contributed by atoms with Crippen molar-refractivity contribution < 1.29 is 4.79 Å². The SMILES string of the molecule is Cn1cc(C=CC(=O)N2CCCC2c2cccs2)c(=O)n(C)c1=O. The number of likely N-dealkylation sites (tertiary alicyclic amines) is 1. The lowest BCUT2D eigenvalue weighted by atomic mass is 10.2. The second-order valence-corrected chi connectivity index (χ2v) is 6.86. The van der Waals surface area contributed by atoms with Crippen molar-refractivity contribution in [3.05, 3.63) is 61.1 Å². The van der Waals surface area contributed by atoms with E-state index in [9.17, 15) is 14.4 Å². The first-order chi connectivity index (χ1) is 11.5. The quantitative estimate of drug-likeness (QED) is 0.793. The second kappa shape index (κ2) is 6.60. The predicted octanol–water partition coefficient (Wildman–Crippen LogP) is 1.52. The standard InChI is InChI=1S/C17H19N3O3S/c1-18-11-12(16(22)19(2)17(18)23)7-8-15(21)20-9-3-5-13(20)14-6-4-10-24-14/h4,6-8,10-11,13H,3,5,9H2,1-2H3. The molecule has 1 saturated heterocycles. The maximum atomic E-state index is 12.5. The van der Waals surface area contributed by atoms with Crippen LogP contribution < -0.4 is 11.2 Å². The van der Waals surface area contributed by atoms with Crippen LogP contribution in [0.25, 0.3) is 6.08 Å². The molecule has 0 saturated carbocycles. The Morgan fingerprint density at radius 3 is 2.83 bits per heavy atom. The summed E-state index contributed by atoms with van der Waals surface area (Å²) in [6, 6.07) is 4.16. The number of carbonyl (C=O) groups excluding carboxylic acids is 1. The van der Waals surface area contributed by atoms with Crippen molar-refractivity contribution in [2.75, 3.05) is 6.54 Å². The van der Waals surface area contributed by atoms with Gasteiger partial charge in [0.05, 0.1) is 11.6 Å². The van der Waals surface area contributed by atoms with Gasteiger partial charge in [0.2, 0.25) is 5.91 Å². The summed E-state index contributed by atoms with van der Waals surface area (Å²) in [5.74, 6) is -0.109. The van der Waals surface area contributed by atoms with Gasteiger partial charge < -0.3 is 9.47 Å². The predicted molar refractivity (Wildman–Crippen MR) is 94.0 cm³/mol. The fraction of sp³-hybridized carbons (Fsp3) is 0.353. The minimum Gasteiger partial charge on any atom is -0.331 e. The minimum atomic E-state index is -0.404. The molecule has 0 aromatic carbocycles. The van der Waals surface area contributed by atoms with Crippen LogP contribution in [0.3, 0.4) is 0 Å². The summed E-state index contributed by atoms with van der Waals surface area (Å²) in [4.78, 5) is 39.4. The Hall–Kier alpha value is -2.41. The van der Waals surface area contributed by atoms with Gasteiger partial charge in [0.1, 0.15) is 0 Å². The summed E-state index contributed by atoms with van der Waals surface area (Å²) in [5, 5.41) is 2.01. The Balaban J connectivity index is 1.84. The molecule has 3 rings (SSSR count). The molecular weight excluding hydrogens is 326 g/mol. The van der Waals surface area contributed by atoms with E-state index >= 15 is 0 Å². The molecule has 1 atom stereocenters. The number of aryl methyl sites for hydroxylation is 1. The van der Waals surface area contributed by atoms with E-state index in [4.69, 9.17) is 0 Å². The van der Waals surface area contributed by atoms with E-state index in [2.05, 4.69) is 0 Å². The Morgan fingerprint density at radius 2 is 2.12 bits per heavy atom. The highest BCUT2D eigenvalue weighted by Crippen LogP contribution is 2.34. The van der Waals surface area contributed by atoms with Crippen LogP contribution in [-0.2, 0) is 18.9 Å². The zero-order valence-electron chi connectivity index (χ0n) is 13.6. The third kappa shape index (κ3) is 2.99. The van der Waals surface area contributed by atoms with E-state index in [1.165, 1.54) is 34.8 Å². The van der Waals surface area contributed by atoms with Crippen molar-refractivity contribution in [3.63, 3.8) is 0 Å². The van der Waals surface area contributed by atoms with Gasteiger partial charge in [-0.3, -0.25) is 14.2 Å². The minimum absolute atomic E-state index is 0.109. The van der Waals surface area contributed by atoms with Crippen molar-refractivity contribution in [1.29, 1.82) is 0 Å². The lowest BCUT2D eigenvalue weighted by Crippen LogP contribution is -2.37. The van der Waals surface area contributed by atoms with Gasteiger partial charge in [0, 0.05) is 37.8 Å². The van der Waals surface area contributed by atoms with Crippen LogP contribution in [0.15, 0.2) is 39.4 Å². The molecule has 7 heteroatoms. The molecule has 0 spiro atoms. The van der Waals surface area contributed by atoms with Crippen LogP contribution >= 0.6 is 11.3 Å². The van der Waals surface area contributed by atoms with E-state index in [1.807, 2.05) is 22.4 Å². The lowest BCUT2D eigenvalue weighted by Gasteiger charge is -2.22. The molecule has 1 aliphatic heterocycles. The van der Waals surface area contributed by atoms with Crippen LogP contribution in [0.5, 0.6) is 0 Å². The van der Waals surface area contributed by atoms with Crippen molar-refractivity contribution in [3.8, 4) is 0 Å². The third-order valence-corrected chi connectivity index (χ3v) is 5.26. The average molecular weight is 345 g/mol. The van der Waals surface area contributed by atoms with Gasteiger partial charge in [0.25, 0.3) is 5.56 Å². The molecule has 2 aromatic rings. The largest absolute Gasteiger partial charge is 0.331 e. The Bertz CT molecular complexity index is 893. The first-order valence-electron chi connectivity index (χ1n) is 7.78. The first-order valence-corrected chi connectivity index (χ1v) is 8.65. The summed E-state index contributed by atoms with van der Waals surface area (Å²) < 4.78 is 2.37. The van der Waals surface area contributed by atoms with Gasteiger partial charge >= 0.3 is 5.69 Å². The Kier molecular flexibility index (Phi) is 4.53. The fourth-order valence-corrected chi connectivity index (χ4v) is 3.89. The number of thiophene rings is 1. The van der Waals surface area contributed by atoms with Gasteiger partial charge in [0.15, 0.2) is 0 Å². The summed E-state index contributed by atoms with van der Waals surface area (Å²) in [6.07, 6.45) is 6.31. The van der Waals surface area contributed by atoms with Crippen LogP contribution in [0.1, 0.15) is 29.3 Å². The van der Waals surface area contributed by atoms with Crippen molar-refractivity contribution >= 4 is 23.3 Å². The van der Waals surface area contributed by atoms with Crippen molar-refractivity contribution in [2.45, 2.75) is 18.9 Å². The number of nitrogens with zero attached hydrogens (tertiary/aromatic N) is 3. The number of aromatic nitrogens is 2. The maximum absolute atomic E-state index is 12.5. The van der Waals surface area contributed by atoms with E-state index in [0.29, 0.717) is 5.56 Å². The van der Waals surface area contributed by atoms with Crippen LogP contribution in [0.2, 0.25) is 0 Å². The van der Waals surface area contributed by atoms with Crippen molar-refractivity contribution in [2.24, 2.45) is 14.1 Å². The van der Waals surface area contributed by atoms with Gasteiger partial charge in [-0.05, 0) is 30.4 Å². The second-order valence-electron chi connectivity index (χ2n) is 5.88. The molecule has 6 nitrogen and oxygen atoms in total. The molecule has 126 valence electrons. The highest BCUT2D eigenvalue weighted by atomic mass is 32.1. The number of amides is 1. The van der Waals surface area contributed by atoms with Gasteiger partial charge in [-0.1, -0.05) is 6.07 Å². The summed E-state index contributed by atoms with van der Waals surface area (Å²) in [6.45, 7) is 0.719. The number of rotatable bonds is 3. The molecule has 1 fully saturated rings. The highest BCUT2D eigenvalue weighted by molar-refractivity contribution is 7.10. The Morgan fingerprint density at radius 1 is 1.33 bits per heavy atom. The van der Waals surface area contributed by atoms with Crippen LogP contribution in [0.4, 0.5) is 0 Å². The molecule has 0 aliphatic carbocycles. The summed E-state index contributed by atoms with van der Waals surface area (Å²) in [7, 11) is 3.01. The van der Waals surface area contributed by atoms with E-state index in [1.54, 1.807) is 18.4 Å². The fourth-order valence-electron chi connectivity index (χ4n) is 3.01. The molecule has 0 N–H and O–H groups in total. The zero-order chi connectivity index (χ0) is 17.3. The number of hydrogen-bond donors (Lipinski definition) is 0. The first kappa shape index (κ1) is 16.4. The molecule has 2 aromatic heterocycles. The summed E-state index contributed by atoms with van der Waals surface area (Å²) >= 11 is 1.65. The van der Waals surface area contributed by atoms with Crippen molar-refractivity contribution in [1.82, 2.24) is 14.0 Å². The lowest BCUT2D eigenvalue weighted by molar-refractivity contribution is -0.126. The normalized spacial score (nSPS) is 17.8. The van der Waals surface area contributed by atoms with E-state index in [0.717, 1.165) is 24.0 Å². The average Bonchev–Trinajstić information content (AvgIpc) is 3.25. The zero-order valence-corrected chi connectivity index (χ0v) is 14.5. The van der Waals surface area contributed by atoms with Crippen LogP contribution in [-0.4, -0.2) is 26.5 Å². The number of carbonyl (C=O) groups is 1. The molecule has 0 bridgehead atoms.